The number of pyridine rings is 2. The third kappa shape index (κ3) is 3.58. The van der Waals surface area contributed by atoms with Crippen molar-refractivity contribution in [3.63, 3.8) is 0 Å². The molecule has 2 atom stereocenters. The number of hydrogen-bond acceptors (Lipinski definition) is 6. The summed E-state index contributed by atoms with van der Waals surface area (Å²) < 4.78 is 11.4. The van der Waals surface area contributed by atoms with Crippen molar-refractivity contribution in [1.29, 1.82) is 5.26 Å². The summed E-state index contributed by atoms with van der Waals surface area (Å²) in [5.74, 6) is 0.756. The molecule has 1 aliphatic rings. The maximum atomic E-state index is 8.86. The van der Waals surface area contributed by atoms with Gasteiger partial charge >= 0.3 is 0 Å². The van der Waals surface area contributed by atoms with Crippen molar-refractivity contribution < 1.29 is 9.47 Å². The lowest BCUT2D eigenvalue weighted by Crippen LogP contribution is -2.34. The van der Waals surface area contributed by atoms with E-state index in [1.165, 1.54) is 0 Å². The van der Waals surface area contributed by atoms with Crippen LogP contribution in [-0.2, 0) is 4.74 Å². The van der Waals surface area contributed by atoms with Crippen molar-refractivity contribution in [3.05, 3.63) is 48.5 Å². The Morgan fingerprint density at radius 1 is 1.35 bits per heavy atom. The zero-order valence-corrected chi connectivity index (χ0v) is 12.9. The summed E-state index contributed by atoms with van der Waals surface area (Å²) in [6.07, 6.45) is 6.20. The molecule has 2 aromatic rings. The van der Waals surface area contributed by atoms with Crippen molar-refractivity contribution in [2.24, 2.45) is 0 Å². The average molecular weight is 310 g/mol. The molecule has 3 rings (SSSR count). The van der Waals surface area contributed by atoms with Gasteiger partial charge in [0.15, 0.2) is 0 Å². The molecule has 0 bridgehead atoms. The van der Waals surface area contributed by atoms with E-state index in [9.17, 15) is 0 Å². The maximum Gasteiger partial charge on any atom is 0.140 e. The van der Waals surface area contributed by atoms with E-state index in [0.717, 1.165) is 24.4 Å². The van der Waals surface area contributed by atoms with Gasteiger partial charge in [-0.1, -0.05) is 0 Å². The van der Waals surface area contributed by atoms with Crippen LogP contribution in [0.4, 0.5) is 5.69 Å². The molecule has 0 aromatic carbocycles. The van der Waals surface area contributed by atoms with Crippen LogP contribution in [0.15, 0.2) is 42.9 Å². The number of hydrogen-bond donors (Lipinski definition) is 0. The molecule has 0 saturated carbocycles. The molecule has 0 N–H and O–H groups in total. The number of nitriles is 1. The first-order valence-electron chi connectivity index (χ1n) is 7.48. The molecule has 6 heteroatoms. The van der Waals surface area contributed by atoms with Crippen LogP contribution in [0.25, 0.3) is 0 Å². The zero-order valence-electron chi connectivity index (χ0n) is 12.9. The van der Waals surface area contributed by atoms with Crippen LogP contribution < -0.4 is 9.64 Å². The van der Waals surface area contributed by atoms with Gasteiger partial charge in [-0.15, -0.1) is 0 Å². The molecular formula is C17H18N4O2. The highest BCUT2D eigenvalue weighted by Gasteiger charge is 2.33. The van der Waals surface area contributed by atoms with Gasteiger partial charge in [0.1, 0.15) is 24.1 Å². The molecule has 1 saturated heterocycles. The molecule has 118 valence electrons. The average Bonchev–Trinajstić information content (AvgIpc) is 3.04. The first kappa shape index (κ1) is 15.3. The first-order chi connectivity index (χ1) is 11.3. The second kappa shape index (κ2) is 7.07. The van der Waals surface area contributed by atoms with E-state index in [4.69, 9.17) is 14.7 Å². The van der Waals surface area contributed by atoms with E-state index in [0.29, 0.717) is 12.3 Å². The second-order valence-corrected chi connectivity index (χ2v) is 5.41. The summed E-state index contributed by atoms with van der Waals surface area (Å²) >= 11 is 0. The molecule has 6 nitrogen and oxygen atoms in total. The Kier molecular flexibility index (Phi) is 4.69. The number of methoxy groups -OCH3 is 1. The number of nitrogens with zero attached hydrogens (tertiary/aromatic N) is 4. The minimum absolute atomic E-state index is 0.160. The van der Waals surface area contributed by atoms with Crippen LogP contribution in [-0.4, -0.2) is 42.4 Å². The number of anilines is 1. The van der Waals surface area contributed by atoms with Crippen molar-refractivity contribution in [3.8, 4) is 11.8 Å². The van der Waals surface area contributed by atoms with Crippen LogP contribution in [0.1, 0.15) is 12.1 Å². The molecule has 0 radical (unpaired) electrons. The van der Waals surface area contributed by atoms with Crippen LogP contribution in [0.5, 0.6) is 5.75 Å². The molecule has 23 heavy (non-hydrogen) atoms. The predicted molar refractivity (Wildman–Crippen MR) is 85.2 cm³/mol. The molecule has 1 aliphatic heterocycles. The van der Waals surface area contributed by atoms with Gasteiger partial charge in [0.05, 0.1) is 30.2 Å². The van der Waals surface area contributed by atoms with Crippen molar-refractivity contribution in [2.45, 2.75) is 18.6 Å². The molecule has 0 aliphatic carbocycles. The van der Waals surface area contributed by atoms with Crippen molar-refractivity contribution in [2.75, 3.05) is 25.2 Å². The van der Waals surface area contributed by atoms with Crippen molar-refractivity contribution >= 4 is 5.69 Å². The fourth-order valence-corrected chi connectivity index (χ4v) is 2.77. The summed E-state index contributed by atoms with van der Waals surface area (Å²) in [5.41, 5.74) is 1.39. The summed E-state index contributed by atoms with van der Waals surface area (Å²) in [6, 6.07) is 9.62. The lowest BCUT2D eigenvalue weighted by Gasteiger charge is -2.26. The quantitative estimate of drug-likeness (QED) is 0.841. The van der Waals surface area contributed by atoms with Crippen LogP contribution in [0.3, 0.4) is 0 Å². The highest BCUT2D eigenvalue weighted by Crippen LogP contribution is 2.27. The Bertz CT molecular complexity index is 669. The fraction of sp³-hybridized carbons (Fsp3) is 0.353. The van der Waals surface area contributed by atoms with E-state index in [1.54, 1.807) is 31.8 Å². The van der Waals surface area contributed by atoms with E-state index in [-0.39, 0.29) is 12.1 Å². The predicted octanol–water partition coefficient (Wildman–Crippen LogP) is 2.02. The summed E-state index contributed by atoms with van der Waals surface area (Å²) in [6.45, 7) is 1.33. The SMILES string of the molecule is CO[C@@H]1C[C@@H](COc2cccnc2)N(c2ccc(C#N)nc2)C1. The molecule has 2 aromatic heterocycles. The smallest absolute Gasteiger partial charge is 0.140 e. The standard InChI is InChI=1S/C17H18N4O2/c1-22-17-7-15(12-23-16-3-2-6-19-10-16)21(11-17)14-5-4-13(8-18)20-9-14/h2-6,9-10,15,17H,7,11-12H2,1H3/t15-,17+/m0/s1. The van der Waals surface area contributed by atoms with Crippen LogP contribution >= 0.6 is 0 Å². The molecule has 0 unspecified atom stereocenters. The third-order valence-electron chi connectivity index (χ3n) is 3.98. The molecular weight excluding hydrogens is 292 g/mol. The Balaban J connectivity index is 1.72. The maximum absolute atomic E-state index is 8.86. The van der Waals surface area contributed by atoms with Crippen molar-refractivity contribution in [1.82, 2.24) is 9.97 Å². The number of ether oxygens (including phenoxy) is 2. The first-order valence-corrected chi connectivity index (χ1v) is 7.48. The molecule has 3 heterocycles. The van der Waals surface area contributed by atoms with E-state index >= 15 is 0 Å². The Morgan fingerprint density at radius 2 is 2.26 bits per heavy atom. The minimum atomic E-state index is 0.160. The molecule has 1 fully saturated rings. The van der Waals surface area contributed by atoms with Gasteiger partial charge < -0.3 is 14.4 Å². The third-order valence-corrected chi connectivity index (χ3v) is 3.98. The van der Waals surface area contributed by atoms with Gasteiger partial charge in [-0.3, -0.25) is 4.98 Å². The monoisotopic (exact) mass is 310 g/mol. The summed E-state index contributed by atoms with van der Waals surface area (Å²) in [4.78, 5) is 10.4. The fourth-order valence-electron chi connectivity index (χ4n) is 2.77. The topological polar surface area (TPSA) is 71.3 Å². The largest absolute Gasteiger partial charge is 0.490 e. The minimum Gasteiger partial charge on any atom is -0.490 e. The van der Waals surface area contributed by atoms with Gasteiger partial charge in [-0.25, -0.2) is 4.98 Å². The second-order valence-electron chi connectivity index (χ2n) is 5.41. The van der Waals surface area contributed by atoms with Gasteiger partial charge in [-0.05, 0) is 30.7 Å². The lowest BCUT2D eigenvalue weighted by atomic mass is 10.2. The molecule has 0 spiro atoms. The van der Waals surface area contributed by atoms with Crippen LogP contribution in [0.2, 0.25) is 0 Å². The lowest BCUT2D eigenvalue weighted by molar-refractivity contribution is 0.115. The zero-order chi connectivity index (χ0) is 16.1. The highest BCUT2D eigenvalue weighted by molar-refractivity contribution is 5.48. The molecule has 0 amide bonds. The highest BCUT2D eigenvalue weighted by atomic mass is 16.5. The number of aromatic nitrogens is 2. The number of rotatable bonds is 5. The summed E-state index contributed by atoms with van der Waals surface area (Å²) in [7, 11) is 1.73. The van der Waals surface area contributed by atoms with E-state index < -0.39 is 0 Å². The Morgan fingerprint density at radius 3 is 2.91 bits per heavy atom. The Labute approximate surface area is 135 Å². The van der Waals surface area contributed by atoms with Gasteiger partial charge in [0.25, 0.3) is 0 Å². The van der Waals surface area contributed by atoms with E-state index in [1.807, 2.05) is 24.3 Å². The van der Waals surface area contributed by atoms with Gasteiger partial charge in [0.2, 0.25) is 0 Å². The van der Waals surface area contributed by atoms with Gasteiger partial charge in [0, 0.05) is 19.9 Å². The normalized spacial score (nSPS) is 20.3. The van der Waals surface area contributed by atoms with Crippen LogP contribution in [0, 0.1) is 11.3 Å². The van der Waals surface area contributed by atoms with E-state index in [2.05, 4.69) is 14.9 Å². The summed E-state index contributed by atoms with van der Waals surface area (Å²) in [5, 5.41) is 8.86. The van der Waals surface area contributed by atoms with Gasteiger partial charge in [-0.2, -0.15) is 5.26 Å². The Hall–Kier alpha value is -2.65.